The Morgan fingerprint density at radius 3 is 3.00 bits per heavy atom. The normalized spacial score (nSPS) is 9.93. The fourth-order valence-electron chi connectivity index (χ4n) is 1.07. The lowest BCUT2D eigenvalue weighted by Gasteiger charge is -2.08. The summed E-state index contributed by atoms with van der Waals surface area (Å²) in [6.45, 7) is 2.53. The van der Waals surface area contributed by atoms with Gasteiger partial charge in [-0.05, 0) is 12.5 Å². The third-order valence-electron chi connectivity index (χ3n) is 1.92. The zero-order valence-electron chi connectivity index (χ0n) is 8.56. The number of carboxylic acid groups (broad SMARTS) is 1. The van der Waals surface area contributed by atoms with Crippen LogP contribution in [0.25, 0.3) is 0 Å². The molecule has 0 saturated heterocycles. The van der Waals surface area contributed by atoms with Gasteiger partial charge in [0.15, 0.2) is 0 Å². The second kappa shape index (κ2) is 5.19. The van der Waals surface area contributed by atoms with Crippen LogP contribution < -0.4 is 10.5 Å². The molecule has 5 heteroatoms. The number of nitrogens with two attached hydrogens (primary N) is 1. The molecule has 0 unspecified atom stereocenters. The molecule has 0 aliphatic carbocycles. The van der Waals surface area contributed by atoms with Gasteiger partial charge in [-0.2, -0.15) is 0 Å². The second-order valence-electron chi connectivity index (χ2n) is 3.08. The molecule has 15 heavy (non-hydrogen) atoms. The smallest absolute Gasteiger partial charge is 0.338 e. The van der Waals surface area contributed by atoms with Crippen LogP contribution >= 0.6 is 0 Å². The minimum absolute atomic E-state index is 0.0245. The third-order valence-corrected chi connectivity index (χ3v) is 1.92. The number of hydrogen-bond donors (Lipinski definition) is 2. The number of rotatable bonds is 5. The van der Waals surface area contributed by atoms with Crippen molar-refractivity contribution in [3.63, 3.8) is 0 Å². The number of hydrogen-bond acceptors (Lipinski definition) is 4. The van der Waals surface area contributed by atoms with E-state index in [1.807, 2.05) is 6.92 Å². The Hall–Kier alpha value is -1.78. The highest BCUT2D eigenvalue weighted by atomic mass is 16.5. The predicted molar refractivity (Wildman–Crippen MR) is 56.0 cm³/mol. The highest BCUT2D eigenvalue weighted by Gasteiger charge is 2.12. The van der Waals surface area contributed by atoms with Crippen molar-refractivity contribution in [2.45, 2.75) is 19.8 Å². The summed E-state index contributed by atoms with van der Waals surface area (Å²) in [4.78, 5) is 14.6. The van der Waals surface area contributed by atoms with Crippen LogP contribution in [0.1, 0.15) is 30.1 Å². The van der Waals surface area contributed by atoms with E-state index < -0.39 is 5.97 Å². The van der Waals surface area contributed by atoms with Gasteiger partial charge in [0.05, 0.1) is 12.2 Å². The Morgan fingerprint density at radius 1 is 1.67 bits per heavy atom. The first-order valence-electron chi connectivity index (χ1n) is 4.77. The maximum Gasteiger partial charge on any atom is 0.338 e. The summed E-state index contributed by atoms with van der Waals surface area (Å²) in [7, 11) is 0. The van der Waals surface area contributed by atoms with Gasteiger partial charge in [0.25, 0.3) is 0 Å². The van der Waals surface area contributed by atoms with Crippen LogP contribution in [0.15, 0.2) is 12.3 Å². The van der Waals surface area contributed by atoms with Gasteiger partial charge < -0.3 is 15.6 Å². The lowest BCUT2D eigenvalue weighted by atomic mass is 10.2. The van der Waals surface area contributed by atoms with E-state index in [1.165, 1.54) is 12.3 Å². The number of anilines is 1. The van der Waals surface area contributed by atoms with E-state index in [2.05, 4.69) is 4.98 Å². The molecule has 3 N–H and O–H groups in total. The zero-order chi connectivity index (χ0) is 11.3. The minimum Gasteiger partial charge on any atom is -0.478 e. The average Bonchev–Trinajstić information content (AvgIpc) is 2.20. The van der Waals surface area contributed by atoms with Crippen molar-refractivity contribution < 1.29 is 14.6 Å². The van der Waals surface area contributed by atoms with E-state index in [0.29, 0.717) is 6.61 Å². The molecule has 0 fully saturated rings. The third kappa shape index (κ3) is 2.83. The van der Waals surface area contributed by atoms with Crippen molar-refractivity contribution >= 4 is 11.7 Å². The summed E-state index contributed by atoms with van der Waals surface area (Å²) in [5.41, 5.74) is 5.71. The van der Waals surface area contributed by atoms with Crippen molar-refractivity contribution in [1.82, 2.24) is 4.98 Å². The molecular weight excluding hydrogens is 196 g/mol. The van der Waals surface area contributed by atoms with Gasteiger partial charge in [0, 0.05) is 6.20 Å². The van der Waals surface area contributed by atoms with Crippen LogP contribution in [0, 0.1) is 0 Å². The van der Waals surface area contributed by atoms with Crippen molar-refractivity contribution in [2.75, 3.05) is 12.3 Å². The number of nitrogens with zero attached hydrogens (tertiary/aromatic N) is 1. The second-order valence-corrected chi connectivity index (χ2v) is 3.08. The molecule has 0 spiro atoms. The Morgan fingerprint density at radius 2 is 2.40 bits per heavy atom. The van der Waals surface area contributed by atoms with E-state index in [-0.39, 0.29) is 17.1 Å². The summed E-state index contributed by atoms with van der Waals surface area (Å²) in [5.74, 6) is -0.876. The molecule has 0 aliphatic heterocycles. The van der Waals surface area contributed by atoms with Crippen molar-refractivity contribution in [2.24, 2.45) is 0 Å². The lowest BCUT2D eigenvalue weighted by Crippen LogP contribution is -2.07. The number of aromatic nitrogens is 1. The average molecular weight is 210 g/mol. The molecule has 82 valence electrons. The van der Waals surface area contributed by atoms with Crippen LogP contribution in [-0.4, -0.2) is 22.7 Å². The van der Waals surface area contributed by atoms with Gasteiger partial charge in [0.2, 0.25) is 5.88 Å². The zero-order valence-corrected chi connectivity index (χ0v) is 8.56. The molecule has 0 saturated carbocycles. The molecule has 1 aromatic heterocycles. The summed E-state index contributed by atoms with van der Waals surface area (Å²) in [6, 6.07) is 1.35. The number of carbonyl (C=O) groups is 1. The summed E-state index contributed by atoms with van der Waals surface area (Å²) < 4.78 is 5.27. The number of aromatic carboxylic acids is 1. The van der Waals surface area contributed by atoms with E-state index in [0.717, 1.165) is 12.8 Å². The number of pyridine rings is 1. The monoisotopic (exact) mass is 210 g/mol. The van der Waals surface area contributed by atoms with Gasteiger partial charge in [-0.1, -0.05) is 13.3 Å². The highest BCUT2D eigenvalue weighted by Crippen LogP contribution is 2.22. The largest absolute Gasteiger partial charge is 0.478 e. The number of ether oxygens (including phenoxy) is 1. The Labute approximate surface area is 87.9 Å². The number of carboxylic acids is 1. The maximum atomic E-state index is 10.7. The predicted octanol–water partition coefficient (Wildman–Crippen LogP) is 1.54. The van der Waals surface area contributed by atoms with Gasteiger partial charge >= 0.3 is 5.97 Å². The molecule has 1 heterocycles. The van der Waals surface area contributed by atoms with Crippen LogP contribution in [0.5, 0.6) is 5.88 Å². The Kier molecular flexibility index (Phi) is 3.91. The minimum atomic E-state index is -1.07. The summed E-state index contributed by atoms with van der Waals surface area (Å²) >= 11 is 0. The van der Waals surface area contributed by atoms with Gasteiger partial charge in [0.1, 0.15) is 5.69 Å². The van der Waals surface area contributed by atoms with Gasteiger partial charge in [-0.25, -0.2) is 9.78 Å². The standard InChI is InChI=1S/C10H14N2O3/c1-2-3-6-15-9-8(11)7(10(13)14)4-5-12-9/h4-5H,2-3,6,11H2,1H3,(H,13,14). The summed E-state index contributed by atoms with van der Waals surface area (Å²) in [5, 5.41) is 8.80. The van der Waals surface area contributed by atoms with Crippen LogP contribution in [0.3, 0.4) is 0 Å². The first-order valence-corrected chi connectivity index (χ1v) is 4.77. The fraction of sp³-hybridized carbons (Fsp3) is 0.400. The summed E-state index contributed by atoms with van der Waals surface area (Å²) in [6.07, 6.45) is 3.26. The number of unbranched alkanes of at least 4 members (excludes halogenated alkanes) is 1. The fourth-order valence-corrected chi connectivity index (χ4v) is 1.07. The van der Waals surface area contributed by atoms with E-state index in [9.17, 15) is 4.79 Å². The Balaban J connectivity index is 2.80. The van der Waals surface area contributed by atoms with Crippen LogP contribution in [0.2, 0.25) is 0 Å². The maximum absolute atomic E-state index is 10.7. The van der Waals surface area contributed by atoms with E-state index in [4.69, 9.17) is 15.6 Å². The molecular formula is C10H14N2O3. The molecule has 1 rings (SSSR count). The van der Waals surface area contributed by atoms with Gasteiger partial charge in [-0.15, -0.1) is 0 Å². The molecule has 0 amide bonds. The molecule has 0 aliphatic rings. The van der Waals surface area contributed by atoms with Crippen molar-refractivity contribution in [1.29, 1.82) is 0 Å². The SMILES string of the molecule is CCCCOc1nccc(C(=O)O)c1N. The van der Waals surface area contributed by atoms with E-state index in [1.54, 1.807) is 0 Å². The quantitative estimate of drug-likeness (QED) is 0.720. The molecule has 1 aromatic rings. The Bertz CT molecular complexity index is 353. The lowest BCUT2D eigenvalue weighted by molar-refractivity contribution is 0.0697. The molecule has 0 atom stereocenters. The molecule has 0 bridgehead atoms. The molecule has 5 nitrogen and oxygen atoms in total. The molecule has 0 aromatic carbocycles. The van der Waals surface area contributed by atoms with Crippen LogP contribution in [0.4, 0.5) is 5.69 Å². The topological polar surface area (TPSA) is 85.4 Å². The first-order chi connectivity index (χ1) is 7.16. The van der Waals surface area contributed by atoms with Crippen molar-refractivity contribution in [3.8, 4) is 5.88 Å². The first kappa shape index (κ1) is 11.3. The highest BCUT2D eigenvalue weighted by molar-refractivity contribution is 5.94. The van der Waals surface area contributed by atoms with E-state index >= 15 is 0 Å². The van der Waals surface area contributed by atoms with Crippen molar-refractivity contribution in [3.05, 3.63) is 17.8 Å². The molecule has 0 radical (unpaired) electrons. The van der Waals surface area contributed by atoms with Gasteiger partial charge in [-0.3, -0.25) is 0 Å². The number of nitrogen functional groups attached to an aromatic ring is 1. The van der Waals surface area contributed by atoms with Crippen LogP contribution in [-0.2, 0) is 0 Å².